The highest BCUT2D eigenvalue weighted by atomic mass is 16.5. The average molecular weight is 427 g/mol. The Morgan fingerprint density at radius 3 is 2.61 bits per heavy atom. The van der Waals surface area contributed by atoms with Crippen molar-refractivity contribution in [2.45, 2.75) is 51.8 Å². The summed E-state index contributed by atoms with van der Waals surface area (Å²) >= 11 is 0. The first kappa shape index (κ1) is 22.9. The Morgan fingerprint density at radius 1 is 1.10 bits per heavy atom. The molecule has 1 saturated carbocycles. The molecule has 1 heterocycles. The van der Waals surface area contributed by atoms with E-state index in [1.165, 1.54) is 18.4 Å². The number of hydrogen-bond acceptors (Lipinski definition) is 5. The predicted molar refractivity (Wildman–Crippen MR) is 123 cm³/mol. The lowest BCUT2D eigenvalue weighted by Crippen LogP contribution is -2.36. The number of aryl methyl sites for hydroxylation is 1. The van der Waals surface area contributed by atoms with Crippen molar-refractivity contribution >= 4 is 5.96 Å². The summed E-state index contributed by atoms with van der Waals surface area (Å²) in [6.45, 7) is 4.26. The van der Waals surface area contributed by atoms with Crippen LogP contribution in [0.1, 0.15) is 42.4 Å². The third kappa shape index (κ3) is 7.14. The summed E-state index contributed by atoms with van der Waals surface area (Å²) in [5.41, 5.74) is 3.30. The lowest BCUT2D eigenvalue weighted by atomic mass is 10.1. The maximum absolute atomic E-state index is 6.31. The molecule has 0 atom stereocenters. The topological polar surface area (TPSA) is 77.0 Å². The van der Waals surface area contributed by atoms with E-state index in [1.54, 1.807) is 20.4 Å². The Labute approximate surface area is 185 Å². The SMILES string of the molecule is CN=C(NCc1ccc(C)cc1OC1CCCC1)NCc1cccnc1OCCOC. The molecule has 31 heavy (non-hydrogen) atoms. The van der Waals surface area contributed by atoms with E-state index in [4.69, 9.17) is 14.2 Å². The van der Waals surface area contributed by atoms with E-state index >= 15 is 0 Å². The molecule has 0 bridgehead atoms. The number of methoxy groups -OCH3 is 1. The van der Waals surface area contributed by atoms with Crippen LogP contribution in [0.4, 0.5) is 0 Å². The number of nitrogens with zero attached hydrogens (tertiary/aromatic N) is 2. The first-order valence-electron chi connectivity index (χ1n) is 11.0. The Hall–Kier alpha value is -2.80. The van der Waals surface area contributed by atoms with Gasteiger partial charge in [-0.25, -0.2) is 4.98 Å². The molecule has 1 aromatic carbocycles. The minimum Gasteiger partial charge on any atom is -0.490 e. The number of nitrogens with one attached hydrogen (secondary N) is 2. The Balaban J connectivity index is 1.57. The van der Waals surface area contributed by atoms with Crippen LogP contribution in [0.5, 0.6) is 11.6 Å². The molecular weight excluding hydrogens is 392 g/mol. The molecule has 0 unspecified atom stereocenters. The number of guanidine groups is 1. The first-order chi connectivity index (χ1) is 15.2. The number of aromatic nitrogens is 1. The second-order valence-electron chi connectivity index (χ2n) is 7.72. The maximum atomic E-state index is 6.31. The second-order valence-corrected chi connectivity index (χ2v) is 7.72. The average Bonchev–Trinajstić information content (AvgIpc) is 3.29. The summed E-state index contributed by atoms with van der Waals surface area (Å²) in [6.07, 6.45) is 6.86. The lowest BCUT2D eigenvalue weighted by molar-refractivity contribution is 0.143. The van der Waals surface area contributed by atoms with Gasteiger partial charge < -0.3 is 24.8 Å². The highest BCUT2D eigenvalue weighted by Crippen LogP contribution is 2.27. The fraction of sp³-hybridized carbons (Fsp3) is 0.500. The van der Waals surface area contributed by atoms with Crippen LogP contribution in [0.3, 0.4) is 0 Å². The Morgan fingerprint density at radius 2 is 1.87 bits per heavy atom. The molecule has 0 saturated heterocycles. The second kappa shape index (κ2) is 12.2. The summed E-state index contributed by atoms with van der Waals surface area (Å²) < 4.78 is 17.1. The highest BCUT2D eigenvalue weighted by Gasteiger charge is 2.18. The van der Waals surface area contributed by atoms with Gasteiger partial charge in [-0.15, -0.1) is 0 Å². The van der Waals surface area contributed by atoms with Crippen molar-refractivity contribution in [1.29, 1.82) is 0 Å². The van der Waals surface area contributed by atoms with Crippen molar-refractivity contribution < 1.29 is 14.2 Å². The smallest absolute Gasteiger partial charge is 0.218 e. The number of ether oxygens (including phenoxy) is 3. The highest BCUT2D eigenvalue weighted by molar-refractivity contribution is 5.79. The minimum atomic E-state index is 0.333. The number of hydrogen-bond donors (Lipinski definition) is 2. The zero-order valence-electron chi connectivity index (χ0n) is 18.8. The van der Waals surface area contributed by atoms with Gasteiger partial charge in [0.05, 0.1) is 12.7 Å². The van der Waals surface area contributed by atoms with E-state index in [2.05, 4.69) is 45.7 Å². The number of benzene rings is 1. The van der Waals surface area contributed by atoms with E-state index in [-0.39, 0.29) is 0 Å². The molecule has 3 rings (SSSR count). The molecule has 168 valence electrons. The molecule has 1 aliphatic carbocycles. The van der Waals surface area contributed by atoms with Gasteiger partial charge in [0.15, 0.2) is 5.96 Å². The number of aliphatic imine (C=N–C) groups is 1. The fourth-order valence-electron chi connectivity index (χ4n) is 3.59. The largest absolute Gasteiger partial charge is 0.490 e. The summed E-state index contributed by atoms with van der Waals surface area (Å²) in [6, 6.07) is 10.3. The van der Waals surface area contributed by atoms with Crippen molar-refractivity contribution in [2.24, 2.45) is 4.99 Å². The van der Waals surface area contributed by atoms with Crippen LogP contribution in [0, 0.1) is 6.92 Å². The molecule has 0 spiro atoms. The van der Waals surface area contributed by atoms with Gasteiger partial charge in [-0.3, -0.25) is 4.99 Å². The molecule has 0 amide bonds. The summed E-state index contributed by atoms with van der Waals surface area (Å²) in [4.78, 5) is 8.67. The summed E-state index contributed by atoms with van der Waals surface area (Å²) in [7, 11) is 3.41. The molecule has 7 nitrogen and oxygen atoms in total. The third-order valence-electron chi connectivity index (χ3n) is 5.31. The van der Waals surface area contributed by atoms with E-state index in [0.29, 0.717) is 44.2 Å². The minimum absolute atomic E-state index is 0.333. The zero-order chi connectivity index (χ0) is 21.9. The van der Waals surface area contributed by atoms with Crippen molar-refractivity contribution in [2.75, 3.05) is 27.4 Å². The van der Waals surface area contributed by atoms with E-state index in [0.717, 1.165) is 29.7 Å². The summed E-state index contributed by atoms with van der Waals surface area (Å²) in [5.74, 6) is 2.28. The number of rotatable bonds is 10. The molecule has 0 aliphatic heterocycles. The Bertz CT molecular complexity index is 850. The van der Waals surface area contributed by atoms with Gasteiger partial charge in [0.1, 0.15) is 12.4 Å². The van der Waals surface area contributed by atoms with Crippen LogP contribution < -0.4 is 20.1 Å². The van der Waals surface area contributed by atoms with Crippen molar-refractivity contribution in [3.8, 4) is 11.6 Å². The first-order valence-corrected chi connectivity index (χ1v) is 11.0. The number of pyridine rings is 1. The van der Waals surface area contributed by atoms with Gasteiger partial charge in [-0.2, -0.15) is 0 Å². The van der Waals surface area contributed by atoms with E-state index < -0.39 is 0 Å². The van der Waals surface area contributed by atoms with Gasteiger partial charge >= 0.3 is 0 Å². The quantitative estimate of drug-likeness (QED) is 0.343. The van der Waals surface area contributed by atoms with Gasteiger partial charge in [0.2, 0.25) is 5.88 Å². The van der Waals surface area contributed by atoms with Crippen molar-refractivity contribution in [3.63, 3.8) is 0 Å². The Kier molecular flexibility index (Phi) is 8.97. The molecule has 1 aromatic heterocycles. The third-order valence-corrected chi connectivity index (χ3v) is 5.31. The molecular formula is C24H34N4O3. The standard InChI is InChI=1S/C24H34N4O3/c1-18-10-11-19(22(15-18)31-21-8-4-5-9-21)16-27-24(25-2)28-17-20-7-6-12-26-23(20)30-14-13-29-3/h6-7,10-12,15,21H,4-5,8-9,13-14,16-17H2,1-3H3,(H2,25,27,28). The van der Waals surface area contributed by atoms with Gasteiger partial charge in [0, 0.05) is 44.6 Å². The molecule has 1 fully saturated rings. The molecule has 2 aromatic rings. The van der Waals surface area contributed by atoms with Crippen LogP contribution in [0.25, 0.3) is 0 Å². The lowest BCUT2D eigenvalue weighted by Gasteiger charge is -2.19. The van der Waals surface area contributed by atoms with Crippen molar-refractivity contribution in [1.82, 2.24) is 15.6 Å². The van der Waals surface area contributed by atoms with E-state index in [1.807, 2.05) is 12.1 Å². The van der Waals surface area contributed by atoms with E-state index in [9.17, 15) is 0 Å². The fourth-order valence-corrected chi connectivity index (χ4v) is 3.59. The van der Waals surface area contributed by atoms with Crippen LogP contribution in [-0.4, -0.2) is 44.4 Å². The van der Waals surface area contributed by atoms with Crippen LogP contribution in [0.15, 0.2) is 41.5 Å². The van der Waals surface area contributed by atoms with Crippen molar-refractivity contribution in [3.05, 3.63) is 53.2 Å². The van der Waals surface area contributed by atoms with Crippen LogP contribution in [0.2, 0.25) is 0 Å². The molecule has 7 heteroatoms. The monoisotopic (exact) mass is 426 g/mol. The predicted octanol–water partition coefficient (Wildman–Crippen LogP) is 3.60. The molecule has 0 radical (unpaired) electrons. The molecule has 2 N–H and O–H groups in total. The zero-order valence-corrected chi connectivity index (χ0v) is 18.8. The van der Waals surface area contributed by atoms with Crippen LogP contribution in [-0.2, 0) is 17.8 Å². The summed E-state index contributed by atoms with van der Waals surface area (Å²) in [5, 5.41) is 6.73. The maximum Gasteiger partial charge on any atom is 0.218 e. The normalized spacial score (nSPS) is 14.5. The van der Waals surface area contributed by atoms with Gasteiger partial charge in [-0.1, -0.05) is 18.2 Å². The van der Waals surface area contributed by atoms with Gasteiger partial charge in [0.25, 0.3) is 0 Å². The molecule has 1 aliphatic rings. The van der Waals surface area contributed by atoms with Gasteiger partial charge in [-0.05, 0) is 50.3 Å². The van der Waals surface area contributed by atoms with Crippen LogP contribution >= 0.6 is 0 Å².